The first-order valence-corrected chi connectivity index (χ1v) is 5.19. The van der Waals surface area contributed by atoms with Gasteiger partial charge in [0.2, 0.25) is 0 Å². The van der Waals surface area contributed by atoms with Crippen molar-refractivity contribution in [1.29, 1.82) is 0 Å². The fourth-order valence-corrected chi connectivity index (χ4v) is 1.03. The van der Waals surface area contributed by atoms with E-state index in [0.29, 0.717) is 5.11 Å². The average molecular weight is 237 g/mol. The topological polar surface area (TPSA) is 52.6 Å². The molecule has 1 heterocycles. The number of hydrazone groups is 1. The monoisotopic (exact) mass is 237 g/mol. The molecule has 0 radical (unpaired) electrons. The summed E-state index contributed by atoms with van der Waals surface area (Å²) in [5.74, 6) is 0. The SMILES string of the molecule is CNc1cccnc1/C=N/NC(=S)N(C)C. The van der Waals surface area contributed by atoms with Gasteiger partial charge in [0, 0.05) is 27.3 Å². The van der Waals surface area contributed by atoms with E-state index in [1.807, 2.05) is 33.3 Å². The van der Waals surface area contributed by atoms with Gasteiger partial charge in [-0.3, -0.25) is 10.4 Å². The van der Waals surface area contributed by atoms with Gasteiger partial charge in [-0.25, -0.2) is 0 Å². The Bertz CT molecular complexity index is 389. The zero-order valence-corrected chi connectivity index (χ0v) is 10.4. The number of rotatable bonds is 3. The van der Waals surface area contributed by atoms with Crippen LogP contribution in [0.15, 0.2) is 23.4 Å². The number of hydrogen-bond donors (Lipinski definition) is 2. The molecule has 0 aromatic carbocycles. The third-order valence-electron chi connectivity index (χ3n) is 1.86. The second-order valence-corrected chi connectivity index (χ2v) is 3.64. The maximum absolute atomic E-state index is 5.02. The number of aromatic nitrogens is 1. The standard InChI is InChI=1S/C10H15N5S/c1-11-8-5-4-6-12-9(8)7-13-14-10(16)15(2)3/h4-7,11H,1-3H3,(H,14,16)/b13-7+. The van der Waals surface area contributed by atoms with E-state index < -0.39 is 0 Å². The van der Waals surface area contributed by atoms with Crippen molar-refractivity contribution in [1.82, 2.24) is 15.3 Å². The smallest absolute Gasteiger partial charge is 0.189 e. The highest BCUT2D eigenvalue weighted by atomic mass is 32.1. The highest BCUT2D eigenvalue weighted by molar-refractivity contribution is 7.80. The van der Waals surface area contributed by atoms with Crippen molar-refractivity contribution in [3.8, 4) is 0 Å². The molecule has 2 N–H and O–H groups in total. The van der Waals surface area contributed by atoms with Gasteiger partial charge in [0.1, 0.15) is 5.69 Å². The molecule has 86 valence electrons. The minimum atomic E-state index is 0.554. The predicted molar refractivity (Wildman–Crippen MR) is 70.8 cm³/mol. The van der Waals surface area contributed by atoms with Gasteiger partial charge in [-0.1, -0.05) is 0 Å². The molecule has 0 spiro atoms. The summed E-state index contributed by atoms with van der Waals surface area (Å²) >= 11 is 5.02. The van der Waals surface area contributed by atoms with E-state index in [9.17, 15) is 0 Å². The van der Waals surface area contributed by atoms with Crippen LogP contribution in [0.3, 0.4) is 0 Å². The molecular weight excluding hydrogens is 222 g/mol. The van der Waals surface area contributed by atoms with Crippen LogP contribution >= 0.6 is 12.2 Å². The number of anilines is 1. The van der Waals surface area contributed by atoms with Crippen LogP contribution in [0.1, 0.15) is 5.69 Å². The normalized spacial score (nSPS) is 10.2. The Morgan fingerprint density at radius 2 is 2.31 bits per heavy atom. The summed E-state index contributed by atoms with van der Waals surface area (Å²) in [6.45, 7) is 0. The van der Waals surface area contributed by atoms with Gasteiger partial charge in [0.25, 0.3) is 0 Å². The Balaban J connectivity index is 2.66. The van der Waals surface area contributed by atoms with E-state index in [0.717, 1.165) is 11.4 Å². The maximum atomic E-state index is 5.02. The molecule has 0 fully saturated rings. The molecule has 5 nitrogen and oxygen atoms in total. The first-order chi connectivity index (χ1) is 7.65. The summed E-state index contributed by atoms with van der Waals surface area (Å²) in [7, 11) is 5.54. The average Bonchev–Trinajstić information content (AvgIpc) is 2.29. The minimum Gasteiger partial charge on any atom is -0.386 e. The fourth-order valence-electron chi connectivity index (χ4n) is 0.980. The van der Waals surface area contributed by atoms with Crippen LogP contribution in [0.2, 0.25) is 0 Å². The Hall–Kier alpha value is -1.69. The fraction of sp³-hybridized carbons (Fsp3) is 0.300. The van der Waals surface area contributed by atoms with Crippen LogP contribution in [0.5, 0.6) is 0 Å². The molecule has 0 unspecified atom stereocenters. The van der Waals surface area contributed by atoms with Crippen molar-refractivity contribution in [3.63, 3.8) is 0 Å². The summed E-state index contributed by atoms with van der Waals surface area (Å²) in [4.78, 5) is 5.95. The summed E-state index contributed by atoms with van der Waals surface area (Å²) in [5, 5.41) is 7.60. The highest BCUT2D eigenvalue weighted by Gasteiger charge is 1.98. The quantitative estimate of drug-likeness (QED) is 0.464. The Labute approximate surface area is 101 Å². The van der Waals surface area contributed by atoms with Crippen LogP contribution in [-0.2, 0) is 0 Å². The Morgan fingerprint density at radius 3 is 2.94 bits per heavy atom. The largest absolute Gasteiger partial charge is 0.386 e. The second-order valence-electron chi connectivity index (χ2n) is 3.26. The maximum Gasteiger partial charge on any atom is 0.189 e. The number of nitrogens with one attached hydrogen (secondary N) is 2. The lowest BCUT2D eigenvalue weighted by Crippen LogP contribution is -2.30. The van der Waals surface area contributed by atoms with Crippen LogP contribution < -0.4 is 10.7 Å². The summed E-state index contributed by atoms with van der Waals surface area (Å²) in [5.41, 5.74) is 4.42. The summed E-state index contributed by atoms with van der Waals surface area (Å²) in [6.07, 6.45) is 3.34. The van der Waals surface area contributed by atoms with Crippen molar-refractivity contribution in [2.24, 2.45) is 5.10 Å². The molecule has 1 rings (SSSR count). The zero-order chi connectivity index (χ0) is 12.0. The molecule has 0 aliphatic carbocycles. The molecule has 16 heavy (non-hydrogen) atoms. The second kappa shape index (κ2) is 6.02. The summed E-state index contributed by atoms with van der Waals surface area (Å²) < 4.78 is 0. The molecular formula is C10H15N5S. The summed E-state index contributed by atoms with van der Waals surface area (Å²) in [6, 6.07) is 3.79. The van der Waals surface area contributed by atoms with Crippen LogP contribution in [0, 0.1) is 0 Å². The van der Waals surface area contributed by atoms with Crippen molar-refractivity contribution in [3.05, 3.63) is 24.0 Å². The van der Waals surface area contributed by atoms with Crippen molar-refractivity contribution in [2.45, 2.75) is 0 Å². The molecule has 0 atom stereocenters. The number of hydrogen-bond acceptors (Lipinski definition) is 4. The lowest BCUT2D eigenvalue weighted by molar-refractivity contribution is 0.606. The third-order valence-corrected chi connectivity index (χ3v) is 2.32. The van der Waals surface area contributed by atoms with Gasteiger partial charge < -0.3 is 10.2 Å². The molecule has 0 amide bonds. The first kappa shape index (κ1) is 12.4. The van der Waals surface area contributed by atoms with E-state index in [-0.39, 0.29) is 0 Å². The Kier molecular flexibility index (Phi) is 4.65. The molecule has 6 heteroatoms. The number of nitrogens with zero attached hydrogens (tertiary/aromatic N) is 3. The highest BCUT2D eigenvalue weighted by Crippen LogP contribution is 2.07. The van der Waals surface area contributed by atoms with E-state index in [4.69, 9.17) is 12.2 Å². The van der Waals surface area contributed by atoms with Crippen LogP contribution in [0.4, 0.5) is 5.69 Å². The molecule has 1 aromatic rings. The molecule has 1 aromatic heterocycles. The Morgan fingerprint density at radius 1 is 1.56 bits per heavy atom. The van der Waals surface area contributed by atoms with E-state index in [1.165, 1.54) is 0 Å². The van der Waals surface area contributed by atoms with E-state index in [1.54, 1.807) is 17.3 Å². The van der Waals surface area contributed by atoms with Gasteiger partial charge in [0.15, 0.2) is 5.11 Å². The van der Waals surface area contributed by atoms with Crippen molar-refractivity contribution < 1.29 is 0 Å². The van der Waals surface area contributed by atoms with E-state index >= 15 is 0 Å². The molecule has 0 saturated heterocycles. The van der Waals surface area contributed by atoms with Crippen molar-refractivity contribution >= 4 is 29.2 Å². The minimum absolute atomic E-state index is 0.554. The first-order valence-electron chi connectivity index (χ1n) is 4.78. The molecule has 0 saturated carbocycles. The number of thiocarbonyl (C=S) groups is 1. The van der Waals surface area contributed by atoms with Crippen LogP contribution in [-0.4, -0.2) is 42.4 Å². The molecule has 0 aliphatic heterocycles. The van der Waals surface area contributed by atoms with Gasteiger partial charge in [-0.15, -0.1) is 0 Å². The lowest BCUT2D eigenvalue weighted by atomic mass is 10.3. The van der Waals surface area contributed by atoms with Gasteiger partial charge in [0.05, 0.1) is 11.9 Å². The third kappa shape index (κ3) is 3.47. The predicted octanol–water partition coefficient (Wildman–Crippen LogP) is 0.893. The van der Waals surface area contributed by atoms with Gasteiger partial charge >= 0.3 is 0 Å². The van der Waals surface area contributed by atoms with Crippen LogP contribution in [0.25, 0.3) is 0 Å². The zero-order valence-electron chi connectivity index (χ0n) is 9.56. The van der Waals surface area contributed by atoms with Gasteiger partial charge in [-0.05, 0) is 24.4 Å². The molecule has 0 aliphatic rings. The van der Waals surface area contributed by atoms with Gasteiger partial charge in [-0.2, -0.15) is 5.10 Å². The number of pyridine rings is 1. The lowest BCUT2D eigenvalue weighted by Gasteiger charge is -2.11. The van der Waals surface area contributed by atoms with Crippen molar-refractivity contribution in [2.75, 3.05) is 26.5 Å². The van der Waals surface area contributed by atoms with E-state index in [2.05, 4.69) is 20.8 Å². The molecule has 0 bridgehead atoms.